The summed E-state index contributed by atoms with van der Waals surface area (Å²) >= 11 is 0. The summed E-state index contributed by atoms with van der Waals surface area (Å²) < 4.78 is 11.0. The van der Waals surface area contributed by atoms with Gasteiger partial charge in [0.25, 0.3) is 0 Å². The van der Waals surface area contributed by atoms with Crippen LogP contribution >= 0.6 is 24.8 Å². The Hall–Kier alpha value is -2.28. The van der Waals surface area contributed by atoms with Crippen molar-refractivity contribution in [3.63, 3.8) is 0 Å². The van der Waals surface area contributed by atoms with Crippen molar-refractivity contribution in [2.24, 2.45) is 0 Å². The van der Waals surface area contributed by atoms with Gasteiger partial charge < -0.3 is 19.9 Å². The predicted molar refractivity (Wildman–Crippen MR) is 144 cm³/mol. The highest BCUT2D eigenvalue weighted by molar-refractivity contribution is 5.85. The first-order valence-corrected chi connectivity index (χ1v) is 11.1. The van der Waals surface area contributed by atoms with Crippen molar-refractivity contribution in [3.05, 3.63) is 96.1 Å². The van der Waals surface area contributed by atoms with E-state index in [1.807, 2.05) is 36.4 Å². The molecule has 2 N–H and O–H groups in total. The predicted octanol–water partition coefficient (Wildman–Crippen LogP) is 4.98. The second kappa shape index (κ2) is 15.6. The smallest absolute Gasteiger partial charge is 0.161 e. The lowest BCUT2D eigenvalue weighted by molar-refractivity contribution is 0.100. The fourth-order valence-corrected chi connectivity index (χ4v) is 3.89. The molecule has 34 heavy (non-hydrogen) atoms. The standard InChI is InChI=1S/C27H34N2O3.2ClH/c1-21(28-18-24(30)20-32-26-17-11-10-16-25(26)31-3)19-29(2)27(22-12-6-4-7-13-22)23-14-8-5-9-15-23;;/h4-17,21,24,27-28,30H,18-20H2,1-3H3;2*1H. The van der Waals surface area contributed by atoms with Crippen LogP contribution in [-0.2, 0) is 0 Å². The van der Waals surface area contributed by atoms with Crippen LogP contribution in [0.1, 0.15) is 24.1 Å². The van der Waals surface area contributed by atoms with E-state index in [1.54, 1.807) is 7.11 Å². The molecule has 0 amide bonds. The Morgan fingerprint density at radius 2 is 1.32 bits per heavy atom. The third-order valence-corrected chi connectivity index (χ3v) is 5.44. The number of benzene rings is 3. The lowest BCUT2D eigenvalue weighted by Gasteiger charge is -2.31. The number of rotatable bonds is 12. The molecule has 3 aromatic rings. The maximum absolute atomic E-state index is 10.4. The maximum Gasteiger partial charge on any atom is 0.161 e. The maximum atomic E-state index is 10.4. The van der Waals surface area contributed by atoms with Gasteiger partial charge in [-0.3, -0.25) is 4.90 Å². The van der Waals surface area contributed by atoms with Gasteiger partial charge in [0, 0.05) is 19.1 Å². The quantitative estimate of drug-likeness (QED) is 0.362. The topological polar surface area (TPSA) is 54.0 Å². The first kappa shape index (κ1) is 29.8. The van der Waals surface area contributed by atoms with Gasteiger partial charge in [-0.05, 0) is 37.2 Å². The molecule has 2 atom stereocenters. The van der Waals surface area contributed by atoms with E-state index in [4.69, 9.17) is 9.47 Å². The fourth-order valence-electron chi connectivity index (χ4n) is 3.89. The molecule has 0 fully saturated rings. The SMILES string of the molecule is COc1ccccc1OCC(O)CNC(C)CN(C)C(c1ccccc1)c1ccccc1.Cl.Cl. The summed E-state index contributed by atoms with van der Waals surface area (Å²) in [5.74, 6) is 1.30. The fraction of sp³-hybridized carbons (Fsp3) is 0.333. The summed E-state index contributed by atoms with van der Waals surface area (Å²) in [7, 11) is 3.75. The second-order valence-electron chi connectivity index (χ2n) is 8.09. The van der Waals surface area contributed by atoms with Gasteiger partial charge in [-0.25, -0.2) is 0 Å². The number of nitrogens with zero attached hydrogens (tertiary/aromatic N) is 1. The van der Waals surface area contributed by atoms with Crippen LogP contribution in [0.4, 0.5) is 0 Å². The van der Waals surface area contributed by atoms with Gasteiger partial charge in [0.2, 0.25) is 0 Å². The Morgan fingerprint density at radius 1 is 0.824 bits per heavy atom. The van der Waals surface area contributed by atoms with Gasteiger partial charge in [-0.15, -0.1) is 24.8 Å². The summed E-state index contributed by atoms with van der Waals surface area (Å²) in [6, 6.07) is 28.9. The van der Waals surface area contributed by atoms with Gasteiger partial charge in [0.1, 0.15) is 12.7 Å². The van der Waals surface area contributed by atoms with Crippen molar-refractivity contribution >= 4 is 24.8 Å². The number of halogens is 2. The number of nitrogens with one attached hydrogen (secondary N) is 1. The molecular weight excluding hydrogens is 471 g/mol. The molecule has 0 aliphatic heterocycles. The molecule has 0 saturated carbocycles. The molecule has 3 aromatic carbocycles. The van der Waals surface area contributed by atoms with Crippen molar-refractivity contribution in [2.75, 3.05) is 33.9 Å². The molecule has 0 aliphatic carbocycles. The molecule has 0 aliphatic rings. The number of para-hydroxylation sites is 2. The lowest BCUT2D eigenvalue weighted by Crippen LogP contribution is -2.43. The largest absolute Gasteiger partial charge is 0.493 e. The highest BCUT2D eigenvalue weighted by atomic mass is 35.5. The normalized spacial score (nSPS) is 12.4. The van der Waals surface area contributed by atoms with Crippen LogP contribution < -0.4 is 14.8 Å². The zero-order valence-corrected chi connectivity index (χ0v) is 21.6. The molecule has 3 rings (SSSR count). The Morgan fingerprint density at radius 3 is 1.85 bits per heavy atom. The number of methoxy groups -OCH3 is 1. The molecule has 0 aromatic heterocycles. The Bertz CT molecular complexity index is 892. The summed E-state index contributed by atoms with van der Waals surface area (Å²) in [5, 5.41) is 13.8. The van der Waals surface area contributed by atoms with E-state index in [0.717, 1.165) is 6.54 Å². The first-order valence-electron chi connectivity index (χ1n) is 11.1. The third kappa shape index (κ3) is 8.82. The molecule has 0 radical (unpaired) electrons. The molecule has 186 valence electrons. The van der Waals surface area contributed by atoms with Gasteiger partial charge >= 0.3 is 0 Å². The van der Waals surface area contributed by atoms with Crippen LogP contribution in [0.15, 0.2) is 84.9 Å². The van der Waals surface area contributed by atoms with E-state index in [-0.39, 0.29) is 43.5 Å². The summed E-state index contributed by atoms with van der Waals surface area (Å²) in [6.07, 6.45) is -0.619. The number of hydrogen-bond donors (Lipinski definition) is 2. The minimum atomic E-state index is -0.619. The minimum Gasteiger partial charge on any atom is -0.493 e. The Kier molecular flexibility index (Phi) is 13.6. The monoisotopic (exact) mass is 506 g/mol. The highest BCUT2D eigenvalue weighted by Gasteiger charge is 2.21. The Labute approximate surface area is 215 Å². The van der Waals surface area contributed by atoms with Crippen molar-refractivity contribution in [1.82, 2.24) is 10.2 Å². The van der Waals surface area contributed by atoms with Crippen LogP contribution in [0.3, 0.4) is 0 Å². The van der Waals surface area contributed by atoms with E-state index in [9.17, 15) is 5.11 Å². The average molecular weight is 508 g/mol. The molecule has 0 spiro atoms. The van der Waals surface area contributed by atoms with E-state index in [0.29, 0.717) is 18.0 Å². The van der Waals surface area contributed by atoms with Gasteiger partial charge in [-0.2, -0.15) is 0 Å². The van der Waals surface area contributed by atoms with Gasteiger partial charge in [0.05, 0.1) is 13.2 Å². The van der Waals surface area contributed by atoms with Crippen LogP contribution in [0.2, 0.25) is 0 Å². The van der Waals surface area contributed by atoms with Gasteiger partial charge in [0.15, 0.2) is 11.5 Å². The van der Waals surface area contributed by atoms with Crippen molar-refractivity contribution in [2.45, 2.75) is 25.1 Å². The number of hydrogen-bond acceptors (Lipinski definition) is 5. The van der Waals surface area contributed by atoms with Crippen molar-refractivity contribution in [3.8, 4) is 11.5 Å². The van der Waals surface area contributed by atoms with Crippen LogP contribution in [0.5, 0.6) is 11.5 Å². The molecule has 7 heteroatoms. The number of likely N-dealkylation sites (N-methyl/N-ethyl adjacent to an activating group) is 1. The van der Waals surface area contributed by atoms with Crippen molar-refractivity contribution in [1.29, 1.82) is 0 Å². The van der Waals surface area contributed by atoms with E-state index >= 15 is 0 Å². The van der Waals surface area contributed by atoms with Crippen LogP contribution in [-0.4, -0.2) is 56.0 Å². The van der Waals surface area contributed by atoms with E-state index in [1.165, 1.54) is 11.1 Å². The second-order valence-corrected chi connectivity index (χ2v) is 8.09. The summed E-state index contributed by atoms with van der Waals surface area (Å²) in [4.78, 5) is 2.35. The molecule has 0 saturated heterocycles. The van der Waals surface area contributed by atoms with Gasteiger partial charge in [-0.1, -0.05) is 72.8 Å². The summed E-state index contributed by atoms with van der Waals surface area (Å²) in [6.45, 7) is 3.62. The minimum absolute atomic E-state index is 0. The number of ether oxygens (including phenoxy) is 2. The van der Waals surface area contributed by atoms with Crippen LogP contribution in [0.25, 0.3) is 0 Å². The zero-order chi connectivity index (χ0) is 22.8. The van der Waals surface area contributed by atoms with Crippen molar-refractivity contribution < 1.29 is 14.6 Å². The number of aliphatic hydroxyl groups excluding tert-OH is 1. The van der Waals surface area contributed by atoms with E-state index < -0.39 is 6.10 Å². The number of aliphatic hydroxyl groups is 1. The van der Waals surface area contributed by atoms with E-state index in [2.05, 4.69) is 72.7 Å². The Balaban J connectivity index is 0.00000289. The summed E-state index contributed by atoms with van der Waals surface area (Å²) in [5.41, 5.74) is 2.53. The molecule has 2 unspecified atom stereocenters. The molecule has 5 nitrogen and oxygen atoms in total. The average Bonchev–Trinajstić information content (AvgIpc) is 2.83. The third-order valence-electron chi connectivity index (χ3n) is 5.44. The zero-order valence-electron chi connectivity index (χ0n) is 20.0. The molecule has 0 bridgehead atoms. The lowest BCUT2D eigenvalue weighted by atomic mass is 9.97. The molecule has 0 heterocycles. The molecular formula is C27H36Cl2N2O3. The highest BCUT2D eigenvalue weighted by Crippen LogP contribution is 2.28. The first-order chi connectivity index (χ1) is 15.6. The van der Waals surface area contributed by atoms with Crippen LogP contribution in [0, 0.1) is 0 Å².